The molecule has 2 atom stereocenters. The van der Waals surface area contributed by atoms with E-state index in [4.69, 9.17) is 9.47 Å². The van der Waals surface area contributed by atoms with Crippen LogP contribution < -0.4 is 20.1 Å². The van der Waals surface area contributed by atoms with Crippen molar-refractivity contribution in [2.45, 2.75) is 25.4 Å². The highest BCUT2D eigenvalue weighted by Gasteiger charge is 2.51. The summed E-state index contributed by atoms with van der Waals surface area (Å²) in [7, 11) is 3.01. The lowest BCUT2D eigenvalue weighted by Crippen LogP contribution is -2.47. The van der Waals surface area contributed by atoms with Gasteiger partial charge in [0.1, 0.15) is 23.1 Å². The SMILES string of the molecule is COc1cccc([C@@]2(C)NC(=O)N([C@@H](C)C(=O)Nc3ccccc3OC)C2=O)c1. The number of urea groups is 1. The van der Waals surface area contributed by atoms with E-state index in [0.717, 1.165) is 4.90 Å². The topological polar surface area (TPSA) is 97.0 Å². The van der Waals surface area contributed by atoms with Gasteiger partial charge < -0.3 is 20.1 Å². The lowest BCUT2D eigenvalue weighted by molar-refractivity contribution is -0.136. The minimum absolute atomic E-state index is 0.453. The van der Waals surface area contributed by atoms with Crippen molar-refractivity contribution in [3.8, 4) is 11.5 Å². The fourth-order valence-corrected chi connectivity index (χ4v) is 3.24. The van der Waals surface area contributed by atoms with E-state index >= 15 is 0 Å². The van der Waals surface area contributed by atoms with Gasteiger partial charge in [-0.2, -0.15) is 0 Å². The van der Waals surface area contributed by atoms with Crippen molar-refractivity contribution in [2.24, 2.45) is 0 Å². The first kappa shape index (κ1) is 20.2. The van der Waals surface area contributed by atoms with Crippen LogP contribution in [0.5, 0.6) is 11.5 Å². The zero-order chi connectivity index (χ0) is 21.2. The van der Waals surface area contributed by atoms with E-state index < -0.39 is 29.4 Å². The quantitative estimate of drug-likeness (QED) is 0.730. The molecule has 8 heteroatoms. The Bertz CT molecular complexity index is 961. The molecule has 0 bridgehead atoms. The molecule has 1 aliphatic rings. The third-order valence-electron chi connectivity index (χ3n) is 5.00. The molecule has 0 radical (unpaired) electrons. The molecule has 4 amide bonds. The molecule has 2 N–H and O–H groups in total. The van der Waals surface area contributed by atoms with Gasteiger partial charge in [0.2, 0.25) is 5.91 Å². The van der Waals surface area contributed by atoms with Gasteiger partial charge in [-0.15, -0.1) is 0 Å². The summed E-state index contributed by atoms with van der Waals surface area (Å²) in [5.74, 6) is 0.0176. The van der Waals surface area contributed by atoms with E-state index in [1.165, 1.54) is 21.1 Å². The highest BCUT2D eigenvalue weighted by Crippen LogP contribution is 2.32. The average molecular weight is 397 g/mol. The van der Waals surface area contributed by atoms with Crippen LogP contribution in [0.15, 0.2) is 48.5 Å². The second kappa shape index (κ2) is 7.83. The van der Waals surface area contributed by atoms with E-state index in [1.807, 2.05) is 0 Å². The average Bonchev–Trinajstić information content (AvgIpc) is 2.97. The lowest BCUT2D eigenvalue weighted by Gasteiger charge is -2.25. The third-order valence-corrected chi connectivity index (χ3v) is 5.00. The molecule has 2 aromatic carbocycles. The highest BCUT2D eigenvalue weighted by atomic mass is 16.5. The molecule has 29 heavy (non-hydrogen) atoms. The van der Waals surface area contributed by atoms with E-state index in [0.29, 0.717) is 22.7 Å². The van der Waals surface area contributed by atoms with E-state index in [-0.39, 0.29) is 0 Å². The Labute approximate surface area is 168 Å². The summed E-state index contributed by atoms with van der Waals surface area (Å²) < 4.78 is 10.4. The van der Waals surface area contributed by atoms with Crippen LogP contribution in [0.25, 0.3) is 0 Å². The normalized spacial score (nSPS) is 19.5. The van der Waals surface area contributed by atoms with Gasteiger partial charge in [-0.25, -0.2) is 9.69 Å². The number of ether oxygens (including phenoxy) is 2. The van der Waals surface area contributed by atoms with Gasteiger partial charge in [0.15, 0.2) is 0 Å². The molecule has 0 aliphatic carbocycles. The number of hydrogen-bond acceptors (Lipinski definition) is 5. The fourth-order valence-electron chi connectivity index (χ4n) is 3.24. The van der Waals surface area contributed by atoms with Gasteiger partial charge in [-0.3, -0.25) is 9.59 Å². The Morgan fingerprint density at radius 2 is 1.83 bits per heavy atom. The molecule has 1 heterocycles. The highest BCUT2D eigenvalue weighted by molar-refractivity contribution is 6.11. The van der Waals surface area contributed by atoms with Crippen molar-refractivity contribution in [2.75, 3.05) is 19.5 Å². The number of imide groups is 1. The van der Waals surface area contributed by atoms with Crippen LogP contribution in [0.4, 0.5) is 10.5 Å². The van der Waals surface area contributed by atoms with Crippen molar-refractivity contribution in [3.05, 3.63) is 54.1 Å². The van der Waals surface area contributed by atoms with Crippen LogP contribution in [-0.4, -0.2) is 43.0 Å². The van der Waals surface area contributed by atoms with Gasteiger partial charge in [0.25, 0.3) is 5.91 Å². The second-order valence-corrected chi connectivity index (χ2v) is 6.83. The zero-order valence-electron chi connectivity index (χ0n) is 16.7. The Morgan fingerprint density at radius 3 is 2.52 bits per heavy atom. The largest absolute Gasteiger partial charge is 0.497 e. The van der Waals surface area contributed by atoms with Gasteiger partial charge in [-0.1, -0.05) is 24.3 Å². The number of nitrogens with zero attached hydrogens (tertiary/aromatic N) is 1. The smallest absolute Gasteiger partial charge is 0.326 e. The first-order valence-corrected chi connectivity index (χ1v) is 9.06. The molecule has 0 spiro atoms. The number of para-hydroxylation sites is 2. The minimum atomic E-state index is -1.30. The molecule has 0 unspecified atom stereocenters. The summed E-state index contributed by atoms with van der Waals surface area (Å²) in [6, 6.07) is 12.1. The Kier molecular flexibility index (Phi) is 5.45. The zero-order valence-corrected chi connectivity index (χ0v) is 16.7. The van der Waals surface area contributed by atoms with Crippen molar-refractivity contribution in [1.82, 2.24) is 10.2 Å². The summed E-state index contributed by atoms with van der Waals surface area (Å²) in [5, 5.41) is 5.40. The molecule has 1 fully saturated rings. The van der Waals surface area contributed by atoms with Crippen LogP contribution in [0.1, 0.15) is 19.4 Å². The van der Waals surface area contributed by atoms with Crippen LogP contribution >= 0.6 is 0 Å². The molecular weight excluding hydrogens is 374 g/mol. The Balaban J connectivity index is 1.84. The van der Waals surface area contributed by atoms with Crippen LogP contribution in [0.3, 0.4) is 0 Å². The maximum absolute atomic E-state index is 13.2. The fraction of sp³-hybridized carbons (Fsp3) is 0.286. The number of nitrogens with one attached hydrogen (secondary N) is 2. The first-order valence-electron chi connectivity index (χ1n) is 9.06. The number of carbonyl (C=O) groups is 3. The van der Waals surface area contributed by atoms with Crippen molar-refractivity contribution >= 4 is 23.5 Å². The van der Waals surface area contributed by atoms with Crippen molar-refractivity contribution in [3.63, 3.8) is 0 Å². The maximum atomic E-state index is 13.2. The first-order chi connectivity index (χ1) is 13.8. The molecule has 0 aromatic heterocycles. The molecular formula is C21H23N3O5. The standard InChI is InChI=1S/C21H23N3O5/c1-13(18(25)22-16-10-5-6-11-17(16)29-4)24-19(26)21(2,23-20(24)27)14-8-7-9-15(12-14)28-3/h5-13H,1-4H3,(H,22,25)(H,23,27)/t13-,21+/m0/s1. The Hall–Kier alpha value is -3.55. The van der Waals surface area contributed by atoms with Gasteiger partial charge in [0, 0.05) is 0 Å². The maximum Gasteiger partial charge on any atom is 0.326 e. The number of amides is 4. The Morgan fingerprint density at radius 1 is 1.10 bits per heavy atom. The van der Waals surface area contributed by atoms with Crippen molar-refractivity contribution in [1.29, 1.82) is 0 Å². The molecule has 0 saturated carbocycles. The molecule has 3 rings (SSSR count). The molecule has 1 saturated heterocycles. The minimum Gasteiger partial charge on any atom is -0.497 e. The van der Waals surface area contributed by atoms with Crippen LogP contribution in [0.2, 0.25) is 0 Å². The van der Waals surface area contributed by atoms with Gasteiger partial charge in [0.05, 0.1) is 19.9 Å². The number of carbonyl (C=O) groups excluding carboxylic acids is 3. The number of rotatable bonds is 6. The number of anilines is 1. The third kappa shape index (κ3) is 3.61. The van der Waals surface area contributed by atoms with Gasteiger partial charge >= 0.3 is 6.03 Å². The van der Waals surface area contributed by atoms with E-state index in [9.17, 15) is 14.4 Å². The van der Waals surface area contributed by atoms with E-state index in [2.05, 4.69) is 10.6 Å². The number of methoxy groups -OCH3 is 2. The molecule has 1 aliphatic heterocycles. The lowest BCUT2D eigenvalue weighted by atomic mass is 9.91. The second-order valence-electron chi connectivity index (χ2n) is 6.83. The molecule has 152 valence electrons. The summed E-state index contributed by atoms with van der Waals surface area (Å²) >= 11 is 0. The summed E-state index contributed by atoms with van der Waals surface area (Å²) in [6.45, 7) is 3.10. The van der Waals surface area contributed by atoms with E-state index in [1.54, 1.807) is 55.5 Å². The van der Waals surface area contributed by atoms with Crippen LogP contribution in [0, 0.1) is 0 Å². The predicted octanol–water partition coefficient (Wildman–Crippen LogP) is 2.50. The number of hydrogen-bond donors (Lipinski definition) is 2. The molecule has 8 nitrogen and oxygen atoms in total. The predicted molar refractivity (Wildman–Crippen MR) is 107 cm³/mol. The molecule has 2 aromatic rings. The summed E-state index contributed by atoms with van der Waals surface area (Å²) in [4.78, 5) is 39.4. The monoisotopic (exact) mass is 397 g/mol. The van der Waals surface area contributed by atoms with Crippen molar-refractivity contribution < 1.29 is 23.9 Å². The van der Waals surface area contributed by atoms with Gasteiger partial charge in [-0.05, 0) is 43.7 Å². The van der Waals surface area contributed by atoms with Crippen LogP contribution in [-0.2, 0) is 15.1 Å². The summed E-state index contributed by atoms with van der Waals surface area (Å²) in [6.07, 6.45) is 0. The summed E-state index contributed by atoms with van der Waals surface area (Å²) in [5.41, 5.74) is -0.283. The number of benzene rings is 2.